The van der Waals surface area contributed by atoms with Crippen molar-refractivity contribution in [2.24, 2.45) is 0 Å². The van der Waals surface area contributed by atoms with Crippen molar-refractivity contribution in [3.8, 4) is 17.1 Å². The molecule has 0 saturated carbocycles. The Hall–Kier alpha value is -2.42. The van der Waals surface area contributed by atoms with Crippen LogP contribution >= 0.6 is 35.3 Å². The van der Waals surface area contributed by atoms with Crippen LogP contribution in [0.3, 0.4) is 0 Å². The van der Waals surface area contributed by atoms with E-state index in [-0.39, 0.29) is 5.56 Å². The topological polar surface area (TPSA) is 49.0 Å². The molecule has 0 N–H and O–H groups in total. The molecular formula is C22H21N3O2S3. The molecule has 0 bridgehead atoms. The first-order valence-corrected chi connectivity index (χ1v) is 11.9. The molecule has 0 spiro atoms. The third-order valence-corrected chi connectivity index (χ3v) is 6.90. The fourth-order valence-electron chi connectivity index (χ4n) is 3.25. The van der Waals surface area contributed by atoms with Crippen molar-refractivity contribution in [1.29, 1.82) is 0 Å². The smallest absolute Gasteiger partial charge is 0.278 e. The van der Waals surface area contributed by atoms with E-state index in [9.17, 15) is 4.79 Å². The molecule has 0 atom stereocenters. The van der Waals surface area contributed by atoms with E-state index in [4.69, 9.17) is 21.9 Å². The van der Waals surface area contributed by atoms with Gasteiger partial charge in [0, 0.05) is 5.69 Å². The Morgan fingerprint density at radius 3 is 2.40 bits per heavy atom. The van der Waals surface area contributed by atoms with Gasteiger partial charge in [0.05, 0.1) is 12.3 Å². The molecule has 4 rings (SSSR count). The van der Waals surface area contributed by atoms with Crippen LogP contribution in [-0.2, 0) is 0 Å². The van der Waals surface area contributed by atoms with Crippen LogP contribution in [0.15, 0.2) is 52.4 Å². The Kier molecular flexibility index (Phi) is 5.81. The van der Waals surface area contributed by atoms with Crippen LogP contribution in [0.5, 0.6) is 5.75 Å². The number of hydrogen-bond acceptors (Lipinski definition) is 6. The Morgan fingerprint density at radius 1 is 1.07 bits per heavy atom. The van der Waals surface area contributed by atoms with Crippen LogP contribution in [0, 0.1) is 17.8 Å². The SMILES string of the molecule is CCOc1ccc(-n2c(SC)nc3c(sc(=S)n3-c3ccc(C)c(C)c3)c2=O)cc1. The molecule has 30 heavy (non-hydrogen) atoms. The number of rotatable bonds is 5. The summed E-state index contributed by atoms with van der Waals surface area (Å²) < 4.78 is 10.2. The minimum absolute atomic E-state index is 0.118. The van der Waals surface area contributed by atoms with Crippen LogP contribution in [0.1, 0.15) is 18.1 Å². The zero-order valence-corrected chi connectivity index (χ0v) is 19.6. The minimum atomic E-state index is -0.118. The third-order valence-electron chi connectivity index (χ3n) is 4.91. The first kappa shape index (κ1) is 20.8. The predicted octanol–water partition coefficient (Wildman–Crippen LogP) is 5.70. The van der Waals surface area contributed by atoms with E-state index in [1.807, 2.05) is 48.1 Å². The van der Waals surface area contributed by atoms with Gasteiger partial charge in [-0.15, -0.1) is 0 Å². The van der Waals surface area contributed by atoms with Gasteiger partial charge in [-0.3, -0.25) is 13.9 Å². The van der Waals surface area contributed by atoms with Gasteiger partial charge in [-0.25, -0.2) is 4.98 Å². The highest BCUT2D eigenvalue weighted by atomic mass is 32.2. The van der Waals surface area contributed by atoms with E-state index in [1.165, 1.54) is 34.2 Å². The maximum atomic E-state index is 13.5. The summed E-state index contributed by atoms with van der Waals surface area (Å²) in [5.41, 5.74) is 4.53. The van der Waals surface area contributed by atoms with Crippen LogP contribution in [0.4, 0.5) is 0 Å². The fraction of sp³-hybridized carbons (Fsp3) is 0.227. The molecule has 0 aliphatic rings. The largest absolute Gasteiger partial charge is 0.494 e. The number of aryl methyl sites for hydroxylation is 2. The lowest BCUT2D eigenvalue weighted by Crippen LogP contribution is -2.21. The summed E-state index contributed by atoms with van der Waals surface area (Å²) in [5, 5.41) is 0.613. The highest BCUT2D eigenvalue weighted by molar-refractivity contribution is 7.98. The van der Waals surface area contributed by atoms with Crippen molar-refractivity contribution in [3.63, 3.8) is 0 Å². The number of fused-ring (bicyclic) bond motifs is 1. The van der Waals surface area contributed by atoms with E-state index in [0.29, 0.717) is 26.1 Å². The summed E-state index contributed by atoms with van der Waals surface area (Å²) in [6, 6.07) is 13.6. The van der Waals surface area contributed by atoms with Gasteiger partial charge in [-0.2, -0.15) is 0 Å². The third kappa shape index (κ3) is 3.59. The van der Waals surface area contributed by atoms with Crippen LogP contribution in [0.2, 0.25) is 0 Å². The zero-order chi connectivity index (χ0) is 21.4. The van der Waals surface area contributed by atoms with Gasteiger partial charge in [0.25, 0.3) is 5.56 Å². The fourth-order valence-corrected chi connectivity index (χ4v) is 5.11. The Bertz CT molecular complexity index is 1350. The van der Waals surface area contributed by atoms with Crippen molar-refractivity contribution in [2.75, 3.05) is 12.9 Å². The zero-order valence-electron chi connectivity index (χ0n) is 17.1. The number of nitrogens with zero attached hydrogens (tertiary/aromatic N) is 3. The molecule has 0 radical (unpaired) electrons. The maximum Gasteiger partial charge on any atom is 0.278 e. The molecule has 0 fully saturated rings. The number of benzene rings is 2. The second kappa shape index (κ2) is 8.37. The second-order valence-electron chi connectivity index (χ2n) is 6.79. The van der Waals surface area contributed by atoms with Gasteiger partial charge in [-0.05, 0) is 86.8 Å². The predicted molar refractivity (Wildman–Crippen MR) is 128 cm³/mol. The van der Waals surface area contributed by atoms with Gasteiger partial charge in [0.2, 0.25) is 0 Å². The van der Waals surface area contributed by atoms with Crippen LogP contribution < -0.4 is 10.3 Å². The maximum absolute atomic E-state index is 13.5. The van der Waals surface area contributed by atoms with E-state index in [1.54, 1.807) is 4.57 Å². The molecule has 154 valence electrons. The molecule has 0 saturated heterocycles. The summed E-state index contributed by atoms with van der Waals surface area (Å²) in [6.07, 6.45) is 1.92. The van der Waals surface area contributed by atoms with Gasteiger partial charge in [0.15, 0.2) is 14.8 Å². The molecule has 2 heterocycles. The van der Waals surface area contributed by atoms with Gasteiger partial charge in [-0.1, -0.05) is 29.2 Å². The molecule has 0 aliphatic carbocycles. The molecule has 2 aromatic carbocycles. The standard InChI is InChI=1S/C22H21N3O2S3/c1-5-27-17-10-8-15(9-11-17)25-20(26)18-19(23-21(25)29-4)24(22(28)30-18)16-7-6-13(2)14(3)12-16/h6-12H,5H2,1-4H3. The van der Waals surface area contributed by atoms with Gasteiger partial charge >= 0.3 is 0 Å². The number of thiazole rings is 1. The lowest BCUT2D eigenvalue weighted by Gasteiger charge is -2.12. The second-order valence-corrected chi connectivity index (χ2v) is 9.21. The van der Waals surface area contributed by atoms with E-state index >= 15 is 0 Å². The number of ether oxygens (including phenoxy) is 1. The lowest BCUT2D eigenvalue weighted by atomic mass is 10.1. The first-order valence-electron chi connectivity index (χ1n) is 9.48. The van der Waals surface area contributed by atoms with Crippen molar-refractivity contribution in [3.05, 3.63) is 67.9 Å². The number of thioether (sulfide) groups is 1. The first-order chi connectivity index (χ1) is 14.4. The Balaban J connectivity index is 1.95. The van der Waals surface area contributed by atoms with Crippen LogP contribution in [-0.4, -0.2) is 27.0 Å². The summed E-state index contributed by atoms with van der Waals surface area (Å²) in [7, 11) is 0. The molecule has 8 heteroatoms. The summed E-state index contributed by atoms with van der Waals surface area (Å²) in [4.78, 5) is 18.3. The Labute approximate surface area is 188 Å². The van der Waals surface area contributed by atoms with Crippen molar-refractivity contribution < 1.29 is 4.74 Å². The minimum Gasteiger partial charge on any atom is -0.494 e. The molecular weight excluding hydrogens is 434 g/mol. The Morgan fingerprint density at radius 2 is 1.77 bits per heavy atom. The number of aromatic nitrogens is 3. The molecule has 5 nitrogen and oxygen atoms in total. The highest BCUT2D eigenvalue weighted by Crippen LogP contribution is 2.28. The molecule has 2 aromatic heterocycles. The van der Waals surface area contributed by atoms with E-state index in [2.05, 4.69) is 26.0 Å². The summed E-state index contributed by atoms with van der Waals surface area (Å²) >= 11 is 8.35. The average molecular weight is 456 g/mol. The van der Waals surface area contributed by atoms with Gasteiger partial charge < -0.3 is 4.74 Å². The summed E-state index contributed by atoms with van der Waals surface area (Å²) in [5.74, 6) is 0.769. The normalized spacial score (nSPS) is 11.2. The monoisotopic (exact) mass is 455 g/mol. The van der Waals surface area contributed by atoms with E-state index in [0.717, 1.165) is 17.1 Å². The average Bonchev–Trinajstić information content (AvgIpc) is 3.07. The van der Waals surface area contributed by atoms with Crippen LogP contribution in [0.25, 0.3) is 21.7 Å². The molecule has 0 amide bonds. The molecule has 0 unspecified atom stereocenters. The van der Waals surface area contributed by atoms with Crippen molar-refractivity contribution in [2.45, 2.75) is 25.9 Å². The van der Waals surface area contributed by atoms with E-state index < -0.39 is 0 Å². The number of hydrogen-bond donors (Lipinski definition) is 0. The van der Waals surface area contributed by atoms with Crippen molar-refractivity contribution in [1.82, 2.24) is 14.1 Å². The van der Waals surface area contributed by atoms with Crippen molar-refractivity contribution >= 4 is 45.7 Å². The highest BCUT2D eigenvalue weighted by Gasteiger charge is 2.18. The summed E-state index contributed by atoms with van der Waals surface area (Å²) in [6.45, 7) is 6.68. The molecule has 0 aliphatic heterocycles. The lowest BCUT2D eigenvalue weighted by molar-refractivity contribution is 0.340. The molecule has 4 aromatic rings. The van der Waals surface area contributed by atoms with Gasteiger partial charge in [0.1, 0.15) is 10.4 Å². The quantitative estimate of drug-likeness (QED) is 0.219.